The molecular weight excluding hydrogens is 707 g/mol. The highest BCUT2D eigenvalue weighted by molar-refractivity contribution is 6.10. The number of phenolic OH excluding ortho intramolecular Hbond substituents is 1. The van der Waals surface area contributed by atoms with Crippen LogP contribution in [0.4, 0.5) is 0 Å². The molecule has 4 heteroatoms. The quantitative estimate of drug-likeness (QED) is 0.184. The van der Waals surface area contributed by atoms with Gasteiger partial charge in [-0.05, 0) is 106 Å². The van der Waals surface area contributed by atoms with Gasteiger partial charge in [-0.25, -0.2) is 9.97 Å². The van der Waals surface area contributed by atoms with Crippen molar-refractivity contribution in [3.8, 4) is 67.6 Å². The molecule has 1 N–H and O–H groups in total. The maximum Gasteiger partial charge on any atom is 0.124 e. The Labute approximate surface area is 341 Å². The number of para-hydroxylation sites is 3. The largest absolute Gasteiger partial charge is 0.507 e. The number of fused-ring (bicyclic) bond motifs is 3. The van der Waals surface area contributed by atoms with Crippen molar-refractivity contribution in [2.24, 2.45) is 0 Å². The van der Waals surface area contributed by atoms with Gasteiger partial charge in [0.15, 0.2) is 0 Å². The van der Waals surface area contributed by atoms with Crippen LogP contribution in [0.1, 0.15) is 52.7 Å². The van der Waals surface area contributed by atoms with Crippen molar-refractivity contribution < 1.29 is 5.11 Å². The first-order valence-corrected chi connectivity index (χ1v) is 20.0. The zero-order valence-corrected chi connectivity index (χ0v) is 34.0. The zero-order chi connectivity index (χ0) is 40.2. The summed E-state index contributed by atoms with van der Waals surface area (Å²) in [4.78, 5) is 10.4. The van der Waals surface area contributed by atoms with Crippen LogP contribution in [0.5, 0.6) is 5.75 Å². The van der Waals surface area contributed by atoms with E-state index in [0.29, 0.717) is 5.56 Å². The molecule has 6 aromatic carbocycles. The van der Waals surface area contributed by atoms with Crippen molar-refractivity contribution in [1.29, 1.82) is 0 Å². The minimum atomic E-state index is -0.0327. The Kier molecular flexibility index (Phi) is 9.09. The fraction of sp³-hybridized carbons (Fsp3) is 0.148. The monoisotopic (exact) mass is 753 g/mol. The molecule has 0 bridgehead atoms. The molecule has 9 aromatic rings. The predicted octanol–water partition coefficient (Wildman–Crippen LogP) is 14.2. The second kappa shape index (κ2) is 14.3. The molecule has 0 spiro atoms. The molecule has 0 aliphatic rings. The van der Waals surface area contributed by atoms with Gasteiger partial charge in [-0.2, -0.15) is 0 Å². The van der Waals surface area contributed by atoms with E-state index < -0.39 is 0 Å². The van der Waals surface area contributed by atoms with Crippen molar-refractivity contribution in [3.63, 3.8) is 0 Å². The third-order valence-electron chi connectivity index (χ3n) is 11.2. The van der Waals surface area contributed by atoms with Gasteiger partial charge in [0.25, 0.3) is 0 Å². The van der Waals surface area contributed by atoms with E-state index in [4.69, 9.17) is 9.97 Å². The molecular formula is C54H47N3O. The Morgan fingerprint density at radius 2 is 0.948 bits per heavy atom. The number of pyridine rings is 2. The Balaban J connectivity index is 1.14. The summed E-state index contributed by atoms with van der Waals surface area (Å²) in [5.74, 6) is 0.203. The van der Waals surface area contributed by atoms with E-state index in [2.05, 4.69) is 192 Å². The van der Waals surface area contributed by atoms with Crippen molar-refractivity contribution in [3.05, 3.63) is 181 Å². The van der Waals surface area contributed by atoms with Gasteiger partial charge in [-0.1, -0.05) is 139 Å². The van der Waals surface area contributed by atoms with Crippen molar-refractivity contribution in [1.82, 2.24) is 14.5 Å². The van der Waals surface area contributed by atoms with Crippen LogP contribution in [0.15, 0.2) is 170 Å². The van der Waals surface area contributed by atoms with Gasteiger partial charge < -0.3 is 9.67 Å². The summed E-state index contributed by atoms with van der Waals surface area (Å²) in [6, 6.07) is 59.2. The zero-order valence-electron chi connectivity index (χ0n) is 34.0. The fourth-order valence-corrected chi connectivity index (χ4v) is 7.92. The Morgan fingerprint density at radius 3 is 1.66 bits per heavy atom. The van der Waals surface area contributed by atoms with Gasteiger partial charge in [0.05, 0.1) is 33.8 Å². The van der Waals surface area contributed by atoms with Crippen LogP contribution in [0, 0.1) is 0 Å². The van der Waals surface area contributed by atoms with Crippen molar-refractivity contribution in [2.45, 2.75) is 52.4 Å². The Morgan fingerprint density at radius 1 is 0.397 bits per heavy atom. The number of phenols is 1. The van der Waals surface area contributed by atoms with E-state index in [1.165, 1.54) is 27.4 Å². The standard InChI is InChI=1S/C54H47N3O/c1-53(2,3)40-29-38(30-41(34-40)54(4,5)6)39-32-48(56-49(33-39)44-21-11-13-25-52(44)58)36-17-14-16-35(28-36)46-22-15-23-47(55-46)37-26-27-51-45(31-37)43-20-10-12-24-50(43)57(51)42-18-8-7-9-19-42/h7-34,58H,1-6H3. The molecule has 0 aliphatic carbocycles. The van der Waals surface area contributed by atoms with Crippen LogP contribution >= 0.6 is 0 Å². The topological polar surface area (TPSA) is 50.9 Å². The van der Waals surface area contributed by atoms with Crippen molar-refractivity contribution >= 4 is 21.8 Å². The van der Waals surface area contributed by atoms with E-state index >= 15 is 0 Å². The third-order valence-corrected chi connectivity index (χ3v) is 11.2. The number of hydrogen-bond donors (Lipinski definition) is 1. The van der Waals surface area contributed by atoms with Crippen LogP contribution in [0.3, 0.4) is 0 Å². The van der Waals surface area contributed by atoms with E-state index in [1.807, 2.05) is 18.2 Å². The molecule has 284 valence electrons. The highest BCUT2D eigenvalue weighted by Crippen LogP contribution is 2.39. The van der Waals surface area contributed by atoms with Crippen LogP contribution in [-0.4, -0.2) is 19.6 Å². The van der Waals surface area contributed by atoms with Crippen LogP contribution in [-0.2, 0) is 10.8 Å². The highest BCUT2D eigenvalue weighted by atomic mass is 16.3. The lowest BCUT2D eigenvalue weighted by Crippen LogP contribution is -2.16. The van der Waals surface area contributed by atoms with E-state index in [1.54, 1.807) is 6.07 Å². The normalized spacial score (nSPS) is 12.0. The second-order valence-electron chi connectivity index (χ2n) is 17.4. The summed E-state index contributed by atoms with van der Waals surface area (Å²) in [7, 11) is 0. The minimum absolute atomic E-state index is 0.0327. The molecule has 3 heterocycles. The maximum atomic E-state index is 11.0. The molecule has 0 saturated heterocycles. The number of benzene rings is 6. The number of hydrogen-bond acceptors (Lipinski definition) is 3. The van der Waals surface area contributed by atoms with Gasteiger partial charge in [-0.3, -0.25) is 0 Å². The number of aromatic hydroxyl groups is 1. The van der Waals surface area contributed by atoms with Crippen LogP contribution in [0.25, 0.3) is 83.6 Å². The number of aromatic nitrogens is 3. The molecule has 4 nitrogen and oxygen atoms in total. The molecule has 58 heavy (non-hydrogen) atoms. The summed E-state index contributed by atoms with van der Waals surface area (Å²) < 4.78 is 2.34. The molecule has 9 rings (SSSR count). The molecule has 0 atom stereocenters. The van der Waals surface area contributed by atoms with E-state index in [0.717, 1.165) is 61.8 Å². The summed E-state index contributed by atoms with van der Waals surface area (Å²) in [6.45, 7) is 13.6. The Bertz CT molecular complexity index is 2950. The van der Waals surface area contributed by atoms with Crippen LogP contribution < -0.4 is 0 Å². The molecule has 0 aliphatic heterocycles. The first-order valence-electron chi connectivity index (χ1n) is 20.0. The van der Waals surface area contributed by atoms with Gasteiger partial charge in [0.1, 0.15) is 5.75 Å². The lowest BCUT2D eigenvalue weighted by Gasteiger charge is -2.26. The number of rotatable bonds is 6. The molecule has 3 aromatic heterocycles. The lowest BCUT2D eigenvalue weighted by molar-refractivity contribution is 0.477. The van der Waals surface area contributed by atoms with Gasteiger partial charge in [-0.15, -0.1) is 0 Å². The predicted molar refractivity (Wildman–Crippen MR) is 243 cm³/mol. The third kappa shape index (κ3) is 6.96. The Hall–Kier alpha value is -6.78. The lowest BCUT2D eigenvalue weighted by atomic mass is 9.79. The molecule has 0 amide bonds. The molecule has 0 unspecified atom stereocenters. The summed E-state index contributed by atoms with van der Waals surface area (Å²) in [6.07, 6.45) is 0. The van der Waals surface area contributed by atoms with Crippen LogP contribution in [0.2, 0.25) is 0 Å². The SMILES string of the molecule is CC(C)(C)c1cc(-c2cc(-c3cccc(-c4cccc(-c5ccc6c(c5)c5ccccc5n6-c5ccccc5)n4)c3)nc(-c3ccccc3O)c2)cc(C(C)(C)C)c1. The minimum Gasteiger partial charge on any atom is -0.507 e. The van der Waals surface area contributed by atoms with E-state index in [-0.39, 0.29) is 16.6 Å². The molecule has 0 radical (unpaired) electrons. The second-order valence-corrected chi connectivity index (χ2v) is 17.4. The van der Waals surface area contributed by atoms with Crippen molar-refractivity contribution in [2.75, 3.05) is 0 Å². The maximum absolute atomic E-state index is 11.0. The number of nitrogens with zero attached hydrogens (tertiary/aromatic N) is 3. The van der Waals surface area contributed by atoms with Gasteiger partial charge in [0.2, 0.25) is 0 Å². The summed E-state index contributed by atoms with van der Waals surface area (Å²) in [5.41, 5.74) is 15.3. The first-order chi connectivity index (χ1) is 27.9. The smallest absolute Gasteiger partial charge is 0.124 e. The van der Waals surface area contributed by atoms with E-state index in [9.17, 15) is 5.11 Å². The fourth-order valence-electron chi connectivity index (χ4n) is 7.92. The summed E-state index contributed by atoms with van der Waals surface area (Å²) in [5, 5.41) is 13.4. The van der Waals surface area contributed by atoms with Gasteiger partial charge in [0, 0.05) is 38.7 Å². The molecule has 0 fully saturated rings. The first kappa shape index (κ1) is 36.8. The summed E-state index contributed by atoms with van der Waals surface area (Å²) >= 11 is 0. The van der Waals surface area contributed by atoms with Gasteiger partial charge >= 0.3 is 0 Å². The highest BCUT2D eigenvalue weighted by Gasteiger charge is 2.22. The average molecular weight is 754 g/mol. The average Bonchev–Trinajstić information content (AvgIpc) is 3.57. The molecule has 0 saturated carbocycles.